The number of hydrogen-bond acceptors (Lipinski definition) is 5. The van der Waals surface area contributed by atoms with E-state index < -0.39 is 11.8 Å². The number of ketones is 1. The van der Waals surface area contributed by atoms with E-state index >= 15 is 0 Å². The van der Waals surface area contributed by atoms with Crippen LogP contribution in [0.5, 0.6) is 0 Å². The van der Waals surface area contributed by atoms with Gasteiger partial charge in [0.2, 0.25) is 0 Å². The molecule has 5 nitrogen and oxygen atoms in total. The Balaban J connectivity index is 1.46. The molecule has 0 saturated heterocycles. The summed E-state index contributed by atoms with van der Waals surface area (Å²) in [5, 5.41) is 0. The van der Waals surface area contributed by atoms with Gasteiger partial charge in [-0.15, -0.1) is 0 Å². The first-order valence-corrected chi connectivity index (χ1v) is 9.54. The SMILES string of the molecule is CCCc1ccc(C(=O)COC(=O)CCc2ncc(-c3ccccc3F)o2)cc1. The number of Topliss-reactive ketones (excluding diaryl/α,β-unsaturated/α-hetero) is 1. The Labute approximate surface area is 168 Å². The number of nitrogens with zero attached hydrogens (tertiary/aromatic N) is 1. The van der Waals surface area contributed by atoms with Crippen LogP contribution in [0, 0.1) is 5.82 Å². The van der Waals surface area contributed by atoms with Gasteiger partial charge in [-0.3, -0.25) is 9.59 Å². The van der Waals surface area contributed by atoms with Crippen LogP contribution in [0.4, 0.5) is 4.39 Å². The lowest BCUT2D eigenvalue weighted by Gasteiger charge is -2.05. The largest absolute Gasteiger partial charge is 0.457 e. The van der Waals surface area contributed by atoms with E-state index in [0.717, 1.165) is 12.8 Å². The zero-order chi connectivity index (χ0) is 20.6. The van der Waals surface area contributed by atoms with Gasteiger partial charge >= 0.3 is 5.97 Å². The van der Waals surface area contributed by atoms with Crippen LogP contribution in [0.2, 0.25) is 0 Å². The van der Waals surface area contributed by atoms with Gasteiger partial charge in [0.1, 0.15) is 5.82 Å². The van der Waals surface area contributed by atoms with Gasteiger partial charge in [0, 0.05) is 12.0 Å². The summed E-state index contributed by atoms with van der Waals surface area (Å²) in [5.41, 5.74) is 1.99. The molecule has 29 heavy (non-hydrogen) atoms. The second-order valence-electron chi connectivity index (χ2n) is 6.63. The van der Waals surface area contributed by atoms with Crippen LogP contribution in [0.15, 0.2) is 59.1 Å². The predicted octanol–water partition coefficient (Wildman–Crippen LogP) is 4.79. The van der Waals surface area contributed by atoms with E-state index in [1.165, 1.54) is 17.8 Å². The summed E-state index contributed by atoms with van der Waals surface area (Å²) < 4.78 is 24.3. The Morgan fingerprint density at radius 2 is 1.83 bits per heavy atom. The number of hydrogen-bond donors (Lipinski definition) is 0. The van der Waals surface area contributed by atoms with Crippen LogP contribution in [0.25, 0.3) is 11.3 Å². The van der Waals surface area contributed by atoms with Crippen molar-refractivity contribution in [2.24, 2.45) is 0 Å². The van der Waals surface area contributed by atoms with E-state index in [1.54, 1.807) is 30.3 Å². The molecule has 0 atom stereocenters. The highest BCUT2D eigenvalue weighted by Gasteiger charge is 2.14. The lowest BCUT2D eigenvalue weighted by atomic mass is 10.1. The molecule has 3 rings (SSSR count). The van der Waals surface area contributed by atoms with Crippen molar-refractivity contribution in [1.82, 2.24) is 4.98 Å². The molecule has 0 aliphatic rings. The average molecular weight is 395 g/mol. The summed E-state index contributed by atoms with van der Waals surface area (Å²) in [6, 6.07) is 13.5. The molecule has 0 unspecified atom stereocenters. The Morgan fingerprint density at radius 3 is 2.55 bits per heavy atom. The molecular formula is C23H22FNO4. The molecule has 1 aromatic heterocycles. The Hall–Kier alpha value is -3.28. The van der Waals surface area contributed by atoms with Crippen molar-refractivity contribution in [2.75, 3.05) is 6.61 Å². The van der Waals surface area contributed by atoms with Gasteiger partial charge in [-0.25, -0.2) is 9.37 Å². The lowest BCUT2D eigenvalue weighted by Crippen LogP contribution is -2.14. The quantitative estimate of drug-likeness (QED) is 0.385. The van der Waals surface area contributed by atoms with Crippen LogP contribution in [-0.2, 0) is 22.4 Å². The number of esters is 1. The number of carbonyl (C=O) groups excluding carboxylic acids is 2. The Morgan fingerprint density at radius 1 is 1.07 bits per heavy atom. The molecule has 1 heterocycles. The molecule has 6 heteroatoms. The first-order chi connectivity index (χ1) is 14.1. The third kappa shape index (κ3) is 5.60. The molecular weight excluding hydrogens is 373 g/mol. The molecule has 0 aliphatic carbocycles. The number of carbonyl (C=O) groups is 2. The van der Waals surface area contributed by atoms with Gasteiger partial charge < -0.3 is 9.15 Å². The summed E-state index contributed by atoms with van der Waals surface area (Å²) >= 11 is 0. The van der Waals surface area contributed by atoms with Gasteiger partial charge in [0.25, 0.3) is 0 Å². The van der Waals surface area contributed by atoms with Crippen LogP contribution < -0.4 is 0 Å². The van der Waals surface area contributed by atoms with Crippen LogP contribution >= 0.6 is 0 Å². The van der Waals surface area contributed by atoms with E-state index in [2.05, 4.69) is 11.9 Å². The Bertz CT molecular complexity index is 979. The van der Waals surface area contributed by atoms with E-state index in [4.69, 9.17) is 9.15 Å². The third-order valence-corrected chi connectivity index (χ3v) is 4.41. The second-order valence-corrected chi connectivity index (χ2v) is 6.63. The van der Waals surface area contributed by atoms with E-state index in [9.17, 15) is 14.0 Å². The molecule has 0 amide bonds. The molecule has 0 N–H and O–H groups in total. The molecule has 0 spiro atoms. The monoisotopic (exact) mass is 395 g/mol. The molecule has 0 saturated carbocycles. The minimum absolute atomic E-state index is 0.0138. The van der Waals surface area contributed by atoms with Crippen molar-refractivity contribution in [3.63, 3.8) is 0 Å². The van der Waals surface area contributed by atoms with Gasteiger partial charge in [-0.05, 0) is 24.1 Å². The number of halogens is 1. The van der Waals surface area contributed by atoms with Crippen LogP contribution in [-0.4, -0.2) is 23.3 Å². The zero-order valence-electron chi connectivity index (χ0n) is 16.2. The number of benzene rings is 2. The fourth-order valence-electron chi connectivity index (χ4n) is 2.87. The van der Waals surface area contributed by atoms with Crippen molar-refractivity contribution < 1.29 is 23.1 Å². The van der Waals surface area contributed by atoms with E-state index in [0.29, 0.717) is 22.8 Å². The number of ether oxygens (including phenoxy) is 1. The highest BCUT2D eigenvalue weighted by molar-refractivity contribution is 5.97. The standard InChI is InChI=1S/C23H22FNO4/c1-2-5-16-8-10-17(11-9-16)20(26)15-28-23(27)13-12-22-25-14-21(29-22)18-6-3-4-7-19(18)24/h3-4,6-11,14H,2,5,12-13,15H2,1H3. The van der Waals surface area contributed by atoms with E-state index in [-0.39, 0.29) is 25.2 Å². The van der Waals surface area contributed by atoms with Crippen LogP contribution in [0.1, 0.15) is 41.6 Å². The summed E-state index contributed by atoms with van der Waals surface area (Å²) in [6.45, 7) is 1.79. The highest BCUT2D eigenvalue weighted by Crippen LogP contribution is 2.23. The van der Waals surface area contributed by atoms with Crippen molar-refractivity contribution >= 4 is 11.8 Å². The summed E-state index contributed by atoms with van der Waals surface area (Å²) in [7, 11) is 0. The molecule has 150 valence electrons. The van der Waals surface area contributed by atoms with Crippen molar-refractivity contribution in [3.8, 4) is 11.3 Å². The third-order valence-electron chi connectivity index (χ3n) is 4.41. The molecule has 0 aliphatic heterocycles. The fraction of sp³-hybridized carbons (Fsp3) is 0.261. The first kappa shape index (κ1) is 20.5. The number of aryl methyl sites for hydroxylation is 2. The number of rotatable bonds is 9. The number of oxazole rings is 1. The predicted molar refractivity (Wildman–Crippen MR) is 106 cm³/mol. The molecule has 0 bridgehead atoms. The fourth-order valence-corrected chi connectivity index (χ4v) is 2.87. The van der Waals surface area contributed by atoms with E-state index in [1.807, 2.05) is 12.1 Å². The summed E-state index contributed by atoms with van der Waals surface area (Å²) in [5.74, 6) is -0.576. The van der Waals surface area contributed by atoms with Crippen molar-refractivity contribution in [2.45, 2.75) is 32.6 Å². The van der Waals surface area contributed by atoms with Crippen LogP contribution in [0.3, 0.4) is 0 Å². The van der Waals surface area contributed by atoms with Crippen molar-refractivity contribution in [3.05, 3.63) is 77.6 Å². The maximum absolute atomic E-state index is 13.8. The molecule has 0 radical (unpaired) electrons. The summed E-state index contributed by atoms with van der Waals surface area (Å²) in [4.78, 5) is 28.1. The normalized spacial score (nSPS) is 10.7. The molecule has 0 fully saturated rings. The average Bonchev–Trinajstić information content (AvgIpc) is 3.20. The van der Waals surface area contributed by atoms with Gasteiger partial charge in [0.05, 0.1) is 18.2 Å². The van der Waals surface area contributed by atoms with Crippen molar-refractivity contribution in [1.29, 1.82) is 0 Å². The summed E-state index contributed by atoms with van der Waals surface area (Å²) in [6.07, 6.45) is 3.64. The number of aromatic nitrogens is 1. The zero-order valence-corrected chi connectivity index (χ0v) is 16.2. The molecule has 2 aromatic carbocycles. The highest BCUT2D eigenvalue weighted by atomic mass is 19.1. The maximum Gasteiger partial charge on any atom is 0.306 e. The first-order valence-electron chi connectivity index (χ1n) is 9.54. The van der Waals surface area contributed by atoms with Gasteiger partial charge in [0.15, 0.2) is 24.0 Å². The smallest absolute Gasteiger partial charge is 0.306 e. The minimum atomic E-state index is -0.522. The Kier molecular flexibility index (Phi) is 6.89. The topological polar surface area (TPSA) is 69.4 Å². The maximum atomic E-state index is 13.8. The van der Waals surface area contributed by atoms with Gasteiger partial charge in [-0.1, -0.05) is 49.7 Å². The van der Waals surface area contributed by atoms with Gasteiger partial charge in [-0.2, -0.15) is 0 Å². The minimum Gasteiger partial charge on any atom is -0.457 e. The molecule has 3 aromatic rings. The lowest BCUT2D eigenvalue weighted by molar-refractivity contribution is -0.142. The second kappa shape index (κ2) is 9.78.